The number of carbonyl (C=O) groups is 2. The second kappa shape index (κ2) is 8.70. The minimum atomic E-state index is -0.471. The van der Waals surface area contributed by atoms with Crippen molar-refractivity contribution in [2.45, 2.75) is 19.9 Å². The zero-order chi connectivity index (χ0) is 18.4. The average Bonchev–Trinajstić information content (AvgIpc) is 2.56. The van der Waals surface area contributed by atoms with Gasteiger partial charge in [0, 0.05) is 28.5 Å². The summed E-state index contributed by atoms with van der Waals surface area (Å²) in [6.07, 6.45) is 1.38. The second-order valence-corrected chi connectivity index (χ2v) is 6.49. The van der Waals surface area contributed by atoms with Gasteiger partial charge in [-0.3, -0.25) is 9.59 Å². The SMILES string of the molecule is CC(C)NC(=O)C(=CNc1ccc(Cl)cc1)C(=O)c1ccccc1Cl. The van der Waals surface area contributed by atoms with E-state index >= 15 is 0 Å². The third kappa shape index (κ3) is 5.34. The molecule has 2 N–H and O–H groups in total. The summed E-state index contributed by atoms with van der Waals surface area (Å²) in [4.78, 5) is 25.2. The third-order valence-electron chi connectivity index (χ3n) is 3.25. The molecule has 6 heteroatoms. The van der Waals surface area contributed by atoms with Crippen LogP contribution < -0.4 is 10.6 Å². The first-order valence-corrected chi connectivity index (χ1v) is 8.46. The Labute approximate surface area is 156 Å². The van der Waals surface area contributed by atoms with Crippen molar-refractivity contribution in [3.63, 3.8) is 0 Å². The van der Waals surface area contributed by atoms with Crippen LogP contribution in [0.1, 0.15) is 24.2 Å². The number of Topliss-reactive ketones (excluding diaryl/α,β-unsaturated/α-hetero) is 1. The smallest absolute Gasteiger partial charge is 0.256 e. The molecule has 0 radical (unpaired) electrons. The molecule has 25 heavy (non-hydrogen) atoms. The van der Waals surface area contributed by atoms with Crippen molar-refractivity contribution in [2.75, 3.05) is 5.32 Å². The Bertz CT molecular complexity index is 799. The molecule has 0 aliphatic carbocycles. The van der Waals surface area contributed by atoms with Crippen molar-refractivity contribution in [1.29, 1.82) is 0 Å². The molecule has 1 amide bonds. The summed E-state index contributed by atoms with van der Waals surface area (Å²) >= 11 is 11.9. The maximum atomic E-state index is 12.8. The van der Waals surface area contributed by atoms with Crippen LogP contribution in [0.4, 0.5) is 5.69 Å². The Hall–Kier alpha value is -2.30. The Morgan fingerprint density at radius 1 is 1.00 bits per heavy atom. The summed E-state index contributed by atoms with van der Waals surface area (Å²) in [5.74, 6) is -0.924. The Kier molecular flexibility index (Phi) is 6.62. The molecule has 2 aromatic rings. The minimum Gasteiger partial charge on any atom is -0.361 e. The highest BCUT2D eigenvalue weighted by atomic mass is 35.5. The van der Waals surface area contributed by atoms with Crippen LogP contribution in [0.15, 0.2) is 60.3 Å². The van der Waals surface area contributed by atoms with Gasteiger partial charge in [-0.15, -0.1) is 0 Å². The first-order valence-electron chi connectivity index (χ1n) is 7.71. The lowest BCUT2D eigenvalue weighted by Crippen LogP contribution is -2.34. The number of ketones is 1. The van der Waals surface area contributed by atoms with Crippen LogP contribution in [0.3, 0.4) is 0 Å². The van der Waals surface area contributed by atoms with Gasteiger partial charge in [-0.1, -0.05) is 35.3 Å². The lowest BCUT2D eigenvalue weighted by Gasteiger charge is -2.12. The van der Waals surface area contributed by atoms with Crippen molar-refractivity contribution in [2.24, 2.45) is 0 Å². The lowest BCUT2D eigenvalue weighted by atomic mass is 10.0. The molecule has 0 saturated carbocycles. The molecule has 0 heterocycles. The Morgan fingerprint density at radius 3 is 2.24 bits per heavy atom. The molecule has 2 rings (SSSR count). The van der Waals surface area contributed by atoms with Crippen molar-refractivity contribution in [3.8, 4) is 0 Å². The van der Waals surface area contributed by atoms with Gasteiger partial charge in [0.25, 0.3) is 5.91 Å². The van der Waals surface area contributed by atoms with E-state index in [9.17, 15) is 9.59 Å². The summed E-state index contributed by atoms with van der Waals surface area (Å²) in [5.41, 5.74) is 0.940. The van der Waals surface area contributed by atoms with Crippen LogP contribution in [0.2, 0.25) is 10.0 Å². The largest absolute Gasteiger partial charge is 0.361 e. The van der Waals surface area contributed by atoms with Crippen LogP contribution in [-0.4, -0.2) is 17.7 Å². The molecule has 0 aliphatic heterocycles. The standard InChI is InChI=1S/C19H18Cl2N2O2/c1-12(2)23-19(25)16(11-22-14-9-7-13(20)8-10-14)18(24)15-5-3-4-6-17(15)21/h3-12,22H,1-2H3,(H,23,25). The molecule has 0 saturated heterocycles. The van der Waals surface area contributed by atoms with Crippen molar-refractivity contribution in [1.82, 2.24) is 5.32 Å². The fourth-order valence-electron chi connectivity index (χ4n) is 2.07. The number of rotatable bonds is 6. The highest BCUT2D eigenvalue weighted by molar-refractivity contribution is 6.37. The number of hydrogen-bond acceptors (Lipinski definition) is 3. The van der Waals surface area contributed by atoms with Gasteiger partial charge in [-0.05, 0) is 50.2 Å². The van der Waals surface area contributed by atoms with Crippen molar-refractivity contribution in [3.05, 3.63) is 75.9 Å². The molecule has 0 bridgehead atoms. The quantitative estimate of drug-likeness (QED) is 0.332. The molecule has 0 atom stereocenters. The van der Waals surface area contributed by atoms with E-state index in [-0.39, 0.29) is 17.2 Å². The number of carbonyl (C=O) groups excluding carboxylic acids is 2. The van der Waals surface area contributed by atoms with Gasteiger partial charge in [0.05, 0.1) is 5.02 Å². The van der Waals surface area contributed by atoms with Gasteiger partial charge in [-0.25, -0.2) is 0 Å². The highest BCUT2D eigenvalue weighted by Crippen LogP contribution is 2.20. The van der Waals surface area contributed by atoms with Gasteiger partial charge in [0.1, 0.15) is 5.57 Å². The predicted octanol–water partition coefficient (Wildman–Crippen LogP) is 4.70. The van der Waals surface area contributed by atoms with Gasteiger partial charge < -0.3 is 10.6 Å². The van der Waals surface area contributed by atoms with Crippen molar-refractivity contribution >= 4 is 40.6 Å². The normalized spacial score (nSPS) is 11.3. The molecule has 0 fully saturated rings. The Morgan fingerprint density at radius 2 is 1.64 bits per heavy atom. The molecule has 0 spiro atoms. The van der Waals surface area contributed by atoms with Crippen LogP contribution in [-0.2, 0) is 4.79 Å². The monoisotopic (exact) mass is 376 g/mol. The summed E-state index contributed by atoms with van der Waals surface area (Å²) in [6.45, 7) is 3.64. The molecule has 0 aliphatic rings. The Balaban J connectivity index is 2.33. The second-order valence-electron chi connectivity index (χ2n) is 5.65. The maximum absolute atomic E-state index is 12.8. The van der Waals surface area contributed by atoms with Gasteiger partial charge in [0.15, 0.2) is 0 Å². The fourth-order valence-corrected chi connectivity index (χ4v) is 2.41. The molecule has 4 nitrogen and oxygen atoms in total. The summed E-state index contributed by atoms with van der Waals surface area (Å²) < 4.78 is 0. The van der Waals surface area contributed by atoms with Gasteiger partial charge >= 0.3 is 0 Å². The molecular weight excluding hydrogens is 359 g/mol. The lowest BCUT2D eigenvalue weighted by molar-refractivity contribution is -0.117. The van der Waals surface area contributed by atoms with E-state index in [2.05, 4.69) is 10.6 Å². The number of amides is 1. The topological polar surface area (TPSA) is 58.2 Å². The van der Waals surface area contributed by atoms with Gasteiger partial charge in [0.2, 0.25) is 5.78 Å². The summed E-state index contributed by atoms with van der Waals surface area (Å²) in [7, 11) is 0. The number of hydrogen-bond donors (Lipinski definition) is 2. The van der Waals surface area contributed by atoms with E-state index in [0.717, 1.165) is 0 Å². The zero-order valence-corrected chi connectivity index (χ0v) is 15.4. The van der Waals surface area contributed by atoms with Crippen LogP contribution >= 0.6 is 23.2 Å². The van der Waals surface area contributed by atoms with E-state index in [4.69, 9.17) is 23.2 Å². The molecule has 0 aromatic heterocycles. The number of benzene rings is 2. The van der Waals surface area contributed by atoms with Crippen LogP contribution in [0, 0.1) is 0 Å². The van der Waals surface area contributed by atoms with Gasteiger partial charge in [-0.2, -0.15) is 0 Å². The molecule has 0 unspecified atom stereocenters. The molecular formula is C19H18Cl2N2O2. The van der Waals surface area contributed by atoms with E-state index in [1.54, 1.807) is 48.5 Å². The van der Waals surface area contributed by atoms with Crippen LogP contribution in [0.25, 0.3) is 0 Å². The van der Waals surface area contributed by atoms with E-state index in [1.165, 1.54) is 6.20 Å². The third-order valence-corrected chi connectivity index (χ3v) is 3.84. The number of nitrogens with one attached hydrogen (secondary N) is 2. The highest BCUT2D eigenvalue weighted by Gasteiger charge is 2.22. The molecule has 2 aromatic carbocycles. The average molecular weight is 377 g/mol. The summed E-state index contributed by atoms with van der Waals surface area (Å²) in [5, 5.41) is 6.57. The van der Waals surface area contributed by atoms with E-state index in [1.807, 2.05) is 13.8 Å². The fraction of sp³-hybridized carbons (Fsp3) is 0.158. The predicted molar refractivity (Wildman–Crippen MR) is 102 cm³/mol. The first-order chi connectivity index (χ1) is 11.9. The maximum Gasteiger partial charge on any atom is 0.256 e. The summed E-state index contributed by atoms with van der Waals surface area (Å²) in [6, 6.07) is 13.4. The van der Waals surface area contributed by atoms with Crippen molar-refractivity contribution < 1.29 is 9.59 Å². The minimum absolute atomic E-state index is 0.0308. The van der Waals surface area contributed by atoms with E-state index in [0.29, 0.717) is 15.7 Å². The first kappa shape index (κ1) is 19.0. The zero-order valence-electron chi connectivity index (χ0n) is 13.8. The number of halogens is 2. The molecule has 130 valence electrons. The number of anilines is 1. The van der Waals surface area contributed by atoms with Crippen LogP contribution in [0.5, 0.6) is 0 Å². The van der Waals surface area contributed by atoms with E-state index < -0.39 is 11.7 Å².